The minimum Gasteiger partial charge on any atom is -0.380 e. The number of hydrogen-bond acceptors (Lipinski definition) is 9. The first kappa shape index (κ1) is 19.9. The van der Waals surface area contributed by atoms with Crippen molar-refractivity contribution in [1.82, 2.24) is 9.97 Å². The molecule has 2 N–H and O–H groups in total. The first-order valence-electron chi connectivity index (χ1n) is 9.51. The molecule has 30 heavy (non-hydrogen) atoms. The summed E-state index contributed by atoms with van der Waals surface area (Å²) in [5, 5.41) is 18.6. The lowest BCUT2D eigenvalue weighted by molar-refractivity contribution is -0.384. The Morgan fingerprint density at radius 2 is 1.90 bits per heavy atom. The summed E-state index contributed by atoms with van der Waals surface area (Å²) in [6, 6.07) is 5.95. The highest BCUT2D eigenvalue weighted by Crippen LogP contribution is 2.32. The molecule has 0 saturated carbocycles. The van der Waals surface area contributed by atoms with E-state index in [1.54, 1.807) is 18.3 Å². The molecule has 3 heterocycles. The Morgan fingerprint density at radius 3 is 2.57 bits per heavy atom. The van der Waals surface area contributed by atoms with Gasteiger partial charge in [-0.25, -0.2) is 4.98 Å². The van der Waals surface area contributed by atoms with Gasteiger partial charge in [-0.05, 0) is 17.7 Å². The predicted octanol–water partition coefficient (Wildman–Crippen LogP) is 1.47. The van der Waals surface area contributed by atoms with Gasteiger partial charge < -0.3 is 20.1 Å². The van der Waals surface area contributed by atoms with Gasteiger partial charge >= 0.3 is 0 Å². The van der Waals surface area contributed by atoms with Crippen LogP contribution < -0.4 is 10.6 Å². The van der Waals surface area contributed by atoms with E-state index >= 15 is 0 Å². The van der Waals surface area contributed by atoms with Gasteiger partial charge in [-0.3, -0.25) is 15.1 Å². The predicted molar refractivity (Wildman–Crippen MR) is 110 cm³/mol. The van der Waals surface area contributed by atoms with Crippen molar-refractivity contribution in [2.24, 2.45) is 15.9 Å². The van der Waals surface area contributed by atoms with Gasteiger partial charge in [0, 0.05) is 38.1 Å². The van der Waals surface area contributed by atoms with Crippen LogP contribution in [0.1, 0.15) is 24.1 Å². The van der Waals surface area contributed by atoms with Crippen molar-refractivity contribution in [3.8, 4) is 0 Å². The number of nitrogens with two attached hydrogens (primary N) is 1. The third kappa shape index (κ3) is 4.42. The van der Waals surface area contributed by atoms with Crippen molar-refractivity contribution in [2.75, 3.05) is 31.2 Å². The maximum Gasteiger partial charge on any atom is 0.269 e. The molecule has 2 aliphatic heterocycles. The molecule has 1 aromatic heterocycles. The number of nitro groups is 1. The number of piperidine rings is 1. The van der Waals surface area contributed by atoms with Crippen molar-refractivity contribution < 1.29 is 14.4 Å². The van der Waals surface area contributed by atoms with E-state index in [0.29, 0.717) is 30.3 Å². The standard InChI is InChI=1S/C19H21N7O4/c20-18(24-22-11-14-1-3-15(4-2-14)26(27)28)16-12-21-13-17(23-16)25-7-5-19(6-8-25)29-9-10-30-19/h1-4,11-13H,5-10H2,(H2,20,24)/b22-11+. The van der Waals surface area contributed by atoms with Gasteiger partial charge in [0.2, 0.25) is 0 Å². The summed E-state index contributed by atoms with van der Waals surface area (Å²) in [6.07, 6.45) is 6.20. The summed E-state index contributed by atoms with van der Waals surface area (Å²) in [5.74, 6) is 0.380. The average molecular weight is 411 g/mol. The highest BCUT2D eigenvalue weighted by atomic mass is 16.7. The lowest BCUT2D eigenvalue weighted by Crippen LogP contribution is -2.45. The molecule has 156 valence electrons. The molecular weight excluding hydrogens is 390 g/mol. The van der Waals surface area contributed by atoms with Crippen LogP contribution in [0.3, 0.4) is 0 Å². The summed E-state index contributed by atoms with van der Waals surface area (Å²) < 4.78 is 11.5. The smallest absolute Gasteiger partial charge is 0.269 e. The molecule has 0 radical (unpaired) electrons. The van der Waals surface area contributed by atoms with Crippen LogP contribution >= 0.6 is 0 Å². The van der Waals surface area contributed by atoms with E-state index in [-0.39, 0.29) is 11.5 Å². The topological polar surface area (TPSA) is 141 Å². The van der Waals surface area contributed by atoms with E-state index in [0.717, 1.165) is 25.9 Å². The summed E-state index contributed by atoms with van der Waals surface area (Å²) >= 11 is 0. The number of amidine groups is 1. The zero-order valence-corrected chi connectivity index (χ0v) is 16.2. The number of nitrogens with zero attached hydrogens (tertiary/aromatic N) is 6. The quantitative estimate of drug-likeness (QED) is 0.337. The maximum atomic E-state index is 10.7. The van der Waals surface area contributed by atoms with Crippen molar-refractivity contribution in [2.45, 2.75) is 18.6 Å². The molecule has 0 atom stereocenters. The molecule has 1 spiro atoms. The number of hydrogen-bond donors (Lipinski definition) is 1. The number of ether oxygens (including phenoxy) is 2. The molecule has 2 aliphatic rings. The largest absolute Gasteiger partial charge is 0.380 e. The molecule has 11 nitrogen and oxygen atoms in total. The molecule has 2 aromatic rings. The fraction of sp³-hybridized carbons (Fsp3) is 0.368. The third-order valence-corrected chi connectivity index (χ3v) is 5.02. The summed E-state index contributed by atoms with van der Waals surface area (Å²) in [4.78, 5) is 21.1. The van der Waals surface area contributed by atoms with Crippen LogP contribution in [0.25, 0.3) is 0 Å². The summed E-state index contributed by atoms with van der Waals surface area (Å²) in [5.41, 5.74) is 7.09. The highest BCUT2D eigenvalue weighted by molar-refractivity contribution is 5.96. The van der Waals surface area contributed by atoms with E-state index < -0.39 is 10.7 Å². The molecular formula is C19H21N7O4. The number of rotatable bonds is 5. The van der Waals surface area contributed by atoms with E-state index in [2.05, 4.69) is 25.1 Å². The van der Waals surface area contributed by atoms with Gasteiger partial charge in [0.1, 0.15) is 11.5 Å². The Bertz CT molecular complexity index is 961. The molecule has 1 aromatic carbocycles. The van der Waals surface area contributed by atoms with E-state index in [9.17, 15) is 10.1 Å². The Labute approximate surface area is 172 Å². The third-order valence-electron chi connectivity index (χ3n) is 5.02. The van der Waals surface area contributed by atoms with Crippen LogP contribution in [0.2, 0.25) is 0 Å². The number of anilines is 1. The van der Waals surface area contributed by atoms with Gasteiger partial charge in [-0.2, -0.15) is 5.10 Å². The fourth-order valence-corrected chi connectivity index (χ4v) is 3.38. The lowest BCUT2D eigenvalue weighted by Gasteiger charge is -2.38. The minimum atomic E-state index is -0.460. The minimum absolute atomic E-state index is 0.0111. The lowest BCUT2D eigenvalue weighted by atomic mass is 10.0. The highest BCUT2D eigenvalue weighted by Gasteiger charge is 2.40. The molecule has 4 rings (SSSR count). The number of non-ortho nitro benzene ring substituents is 1. The molecule has 2 saturated heterocycles. The van der Waals surface area contributed by atoms with Crippen LogP contribution in [0.5, 0.6) is 0 Å². The first-order valence-corrected chi connectivity index (χ1v) is 9.51. The van der Waals surface area contributed by atoms with Gasteiger partial charge in [0.05, 0.1) is 36.7 Å². The van der Waals surface area contributed by atoms with Gasteiger partial charge in [0.15, 0.2) is 11.6 Å². The Kier molecular flexibility index (Phi) is 5.63. The van der Waals surface area contributed by atoms with Gasteiger partial charge in [-0.15, -0.1) is 5.10 Å². The van der Waals surface area contributed by atoms with Gasteiger partial charge in [-0.1, -0.05) is 0 Å². The van der Waals surface area contributed by atoms with Crippen molar-refractivity contribution >= 4 is 23.6 Å². The second-order valence-corrected chi connectivity index (χ2v) is 6.94. The van der Waals surface area contributed by atoms with E-state index in [4.69, 9.17) is 15.2 Å². The second-order valence-electron chi connectivity index (χ2n) is 6.94. The molecule has 0 aliphatic carbocycles. The molecule has 11 heteroatoms. The fourth-order valence-electron chi connectivity index (χ4n) is 3.38. The van der Waals surface area contributed by atoms with Gasteiger partial charge in [0.25, 0.3) is 5.69 Å². The van der Waals surface area contributed by atoms with Crippen LogP contribution in [0.15, 0.2) is 46.9 Å². The van der Waals surface area contributed by atoms with E-state index in [1.807, 2.05) is 0 Å². The van der Waals surface area contributed by atoms with Crippen molar-refractivity contribution in [3.63, 3.8) is 0 Å². The van der Waals surface area contributed by atoms with Crippen molar-refractivity contribution in [1.29, 1.82) is 0 Å². The van der Waals surface area contributed by atoms with Crippen LogP contribution in [-0.4, -0.2) is 59.0 Å². The zero-order valence-electron chi connectivity index (χ0n) is 16.2. The Hall–Kier alpha value is -3.44. The summed E-state index contributed by atoms with van der Waals surface area (Å²) in [7, 11) is 0. The maximum absolute atomic E-state index is 10.7. The molecule has 2 fully saturated rings. The molecule has 0 unspecified atom stereocenters. The number of aromatic nitrogens is 2. The van der Waals surface area contributed by atoms with Crippen LogP contribution in [-0.2, 0) is 9.47 Å². The average Bonchev–Trinajstić information content (AvgIpc) is 3.22. The SMILES string of the molecule is N/C(=N\N=C\c1ccc([N+](=O)[O-])cc1)c1cncc(N2CCC3(CC2)OCCO3)n1. The monoisotopic (exact) mass is 411 g/mol. The van der Waals surface area contributed by atoms with Crippen LogP contribution in [0, 0.1) is 10.1 Å². The Balaban J connectivity index is 1.40. The summed E-state index contributed by atoms with van der Waals surface area (Å²) in [6.45, 7) is 2.77. The molecule has 0 bridgehead atoms. The molecule has 0 amide bonds. The van der Waals surface area contributed by atoms with E-state index in [1.165, 1.54) is 24.5 Å². The first-order chi connectivity index (χ1) is 14.5. The zero-order chi connectivity index (χ0) is 21.0. The Morgan fingerprint density at radius 1 is 1.20 bits per heavy atom. The van der Waals surface area contributed by atoms with Crippen molar-refractivity contribution in [3.05, 3.63) is 58.0 Å². The van der Waals surface area contributed by atoms with Crippen LogP contribution in [0.4, 0.5) is 11.5 Å². The number of nitro benzene ring substituents is 1. The normalized spacial score (nSPS) is 18.9. The second kappa shape index (κ2) is 8.51. The number of benzene rings is 1.